The highest BCUT2D eigenvalue weighted by Gasteiger charge is 2.27. The summed E-state index contributed by atoms with van der Waals surface area (Å²) in [4.78, 5) is 16.0. The Morgan fingerprint density at radius 3 is 2.17 bits per heavy atom. The highest BCUT2D eigenvalue weighted by molar-refractivity contribution is 6.39. The van der Waals surface area contributed by atoms with E-state index in [-0.39, 0.29) is 5.91 Å². The zero-order valence-electron chi connectivity index (χ0n) is 12.8. The molecule has 1 N–H and O–H groups in total. The number of benzene rings is 2. The Balaban J connectivity index is 1.62. The topological polar surface area (TPSA) is 24.8 Å². The van der Waals surface area contributed by atoms with E-state index in [2.05, 4.69) is 24.3 Å². The molecule has 0 unspecified atom stereocenters. The summed E-state index contributed by atoms with van der Waals surface area (Å²) in [5.41, 5.74) is 1.75. The van der Waals surface area contributed by atoms with Crippen molar-refractivity contribution in [2.75, 3.05) is 26.2 Å². The summed E-state index contributed by atoms with van der Waals surface area (Å²) in [5, 5.41) is 0.836. The van der Waals surface area contributed by atoms with Gasteiger partial charge in [-0.25, -0.2) is 0 Å². The van der Waals surface area contributed by atoms with E-state index in [4.69, 9.17) is 23.2 Å². The number of nitrogens with zero attached hydrogens (tertiary/aromatic N) is 1. The van der Waals surface area contributed by atoms with Crippen molar-refractivity contribution in [1.29, 1.82) is 0 Å². The molecule has 1 aliphatic rings. The Morgan fingerprint density at radius 1 is 0.957 bits per heavy atom. The summed E-state index contributed by atoms with van der Waals surface area (Å²) < 4.78 is 0. The van der Waals surface area contributed by atoms with Crippen LogP contribution in [0.2, 0.25) is 10.0 Å². The third-order valence-corrected chi connectivity index (χ3v) is 4.86. The quantitative estimate of drug-likeness (QED) is 0.904. The number of carbonyl (C=O) groups is 1. The molecule has 1 aliphatic heterocycles. The van der Waals surface area contributed by atoms with Crippen molar-refractivity contribution in [2.24, 2.45) is 0 Å². The second-order valence-electron chi connectivity index (χ2n) is 5.80. The Labute approximate surface area is 146 Å². The fourth-order valence-electron chi connectivity index (χ4n) is 2.95. The van der Waals surface area contributed by atoms with E-state index >= 15 is 0 Å². The van der Waals surface area contributed by atoms with Crippen molar-refractivity contribution in [2.45, 2.75) is 6.54 Å². The average molecular weight is 350 g/mol. The molecule has 3 rings (SSSR count). The van der Waals surface area contributed by atoms with Crippen molar-refractivity contribution in [1.82, 2.24) is 4.90 Å². The standard InChI is InChI=1S/C18H18Cl2N2O/c19-15-7-4-8-16(20)17(15)18(23)22-11-9-21(10-12-22)13-14-5-2-1-3-6-14/h1-8H,9-13H2/p+1. The van der Waals surface area contributed by atoms with Crippen LogP contribution in [0.1, 0.15) is 15.9 Å². The van der Waals surface area contributed by atoms with Crippen LogP contribution in [0.5, 0.6) is 0 Å². The normalized spacial score (nSPS) is 15.7. The number of hydrogen-bond acceptors (Lipinski definition) is 1. The van der Waals surface area contributed by atoms with E-state index in [1.807, 2.05) is 11.0 Å². The molecule has 23 heavy (non-hydrogen) atoms. The molecule has 0 aromatic heterocycles. The number of nitrogens with one attached hydrogen (secondary N) is 1. The second kappa shape index (κ2) is 7.35. The van der Waals surface area contributed by atoms with Crippen LogP contribution in [-0.2, 0) is 6.54 Å². The highest BCUT2D eigenvalue weighted by Crippen LogP contribution is 2.25. The van der Waals surface area contributed by atoms with Crippen molar-refractivity contribution in [3.05, 3.63) is 69.7 Å². The lowest BCUT2D eigenvalue weighted by Crippen LogP contribution is -3.13. The predicted molar refractivity (Wildman–Crippen MR) is 93.2 cm³/mol. The lowest BCUT2D eigenvalue weighted by Gasteiger charge is -2.32. The van der Waals surface area contributed by atoms with E-state index in [9.17, 15) is 4.79 Å². The molecule has 3 nitrogen and oxygen atoms in total. The van der Waals surface area contributed by atoms with Gasteiger partial charge in [-0.15, -0.1) is 0 Å². The van der Waals surface area contributed by atoms with Crippen LogP contribution in [0.4, 0.5) is 0 Å². The van der Waals surface area contributed by atoms with Gasteiger partial charge < -0.3 is 9.80 Å². The van der Waals surface area contributed by atoms with Gasteiger partial charge in [0.15, 0.2) is 0 Å². The molecule has 0 bridgehead atoms. The van der Waals surface area contributed by atoms with E-state index in [1.54, 1.807) is 18.2 Å². The zero-order valence-corrected chi connectivity index (χ0v) is 14.3. The van der Waals surface area contributed by atoms with E-state index in [0.29, 0.717) is 15.6 Å². The van der Waals surface area contributed by atoms with Crippen LogP contribution in [0.25, 0.3) is 0 Å². The number of hydrogen-bond donors (Lipinski definition) is 1. The van der Waals surface area contributed by atoms with Gasteiger partial charge in [0.2, 0.25) is 0 Å². The van der Waals surface area contributed by atoms with Crippen LogP contribution in [-0.4, -0.2) is 37.0 Å². The monoisotopic (exact) mass is 349 g/mol. The van der Waals surface area contributed by atoms with Gasteiger partial charge in [-0.3, -0.25) is 4.79 Å². The number of carbonyl (C=O) groups excluding carboxylic acids is 1. The minimum Gasteiger partial charge on any atom is -0.328 e. The molecule has 1 fully saturated rings. The Hall–Kier alpha value is -1.55. The number of amides is 1. The summed E-state index contributed by atoms with van der Waals surface area (Å²) in [6.07, 6.45) is 0. The van der Waals surface area contributed by atoms with Gasteiger partial charge in [-0.1, -0.05) is 59.6 Å². The van der Waals surface area contributed by atoms with Crippen LogP contribution >= 0.6 is 23.2 Å². The van der Waals surface area contributed by atoms with Gasteiger partial charge in [-0.2, -0.15) is 0 Å². The van der Waals surface area contributed by atoms with Crippen LogP contribution in [0, 0.1) is 0 Å². The van der Waals surface area contributed by atoms with Crippen molar-refractivity contribution in [3.8, 4) is 0 Å². The average Bonchev–Trinajstić information content (AvgIpc) is 2.56. The van der Waals surface area contributed by atoms with Crippen LogP contribution < -0.4 is 4.90 Å². The summed E-state index contributed by atoms with van der Waals surface area (Å²) in [5.74, 6) is -0.0700. The van der Waals surface area contributed by atoms with Gasteiger partial charge >= 0.3 is 0 Å². The van der Waals surface area contributed by atoms with Gasteiger partial charge in [0.25, 0.3) is 5.91 Å². The molecule has 1 saturated heterocycles. The van der Waals surface area contributed by atoms with Crippen LogP contribution in [0.3, 0.4) is 0 Å². The van der Waals surface area contributed by atoms with E-state index in [1.165, 1.54) is 10.5 Å². The minimum absolute atomic E-state index is 0.0700. The van der Waals surface area contributed by atoms with Crippen molar-refractivity contribution >= 4 is 29.1 Å². The fourth-order valence-corrected chi connectivity index (χ4v) is 3.51. The predicted octanol–water partition coefficient (Wildman–Crippen LogP) is 2.53. The fraction of sp³-hybridized carbons (Fsp3) is 0.278. The summed E-state index contributed by atoms with van der Waals surface area (Å²) in [6.45, 7) is 4.31. The smallest absolute Gasteiger partial charge is 0.257 e. The lowest BCUT2D eigenvalue weighted by molar-refractivity contribution is -0.917. The first kappa shape index (κ1) is 16.3. The molecule has 1 heterocycles. The third-order valence-electron chi connectivity index (χ3n) is 4.23. The maximum atomic E-state index is 12.7. The summed E-state index contributed by atoms with van der Waals surface area (Å²) in [6, 6.07) is 15.6. The molecule has 5 heteroatoms. The minimum atomic E-state index is -0.0700. The van der Waals surface area contributed by atoms with E-state index < -0.39 is 0 Å². The first-order chi connectivity index (χ1) is 11.1. The SMILES string of the molecule is O=C(c1c(Cl)cccc1Cl)N1CC[NH+](Cc2ccccc2)CC1. The first-order valence-corrected chi connectivity index (χ1v) is 8.51. The molecular weight excluding hydrogens is 331 g/mol. The zero-order chi connectivity index (χ0) is 16.2. The summed E-state index contributed by atoms with van der Waals surface area (Å²) in [7, 11) is 0. The Kier molecular flexibility index (Phi) is 5.21. The maximum absolute atomic E-state index is 12.7. The van der Waals surface area contributed by atoms with Gasteiger partial charge in [0, 0.05) is 5.56 Å². The molecule has 0 saturated carbocycles. The molecule has 2 aromatic carbocycles. The largest absolute Gasteiger partial charge is 0.328 e. The van der Waals surface area contributed by atoms with E-state index in [0.717, 1.165) is 32.7 Å². The van der Waals surface area contributed by atoms with Crippen LogP contribution in [0.15, 0.2) is 48.5 Å². The van der Waals surface area contributed by atoms with Gasteiger partial charge in [0.1, 0.15) is 6.54 Å². The third kappa shape index (κ3) is 3.86. The number of quaternary nitrogens is 1. The Morgan fingerprint density at radius 2 is 1.57 bits per heavy atom. The number of rotatable bonds is 3. The molecule has 0 spiro atoms. The van der Waals surface area contributed by atoms with Crippen molar-refractivity contribution < 1.29 is 9.69 Å². The molecule has 120 valence electrons. The molecule has 0 aliphatic carbocycles. The molecular formula is C18H19Cl2N2O+. The lowest BCUT2D eigenvalue weighted by atomic mass is 10.1. The van der Waals surface area contributed by atoms with Crippen molar-refractivity contribution in [3.63, 3.8) is 0 Å². The maximum Gasteiger partial charge on any atom is 0.257 e. The summed E-state index contributed by atoms with van der Waals surface area (Å²) >= 11 is 12.3. The highest BCUT2D eigenvalue weighted by atomic mass is 35.5. The number of piperazine rings is 1. The number of halogens is 2. The van der Waals surface area contributed by atoms with Gasteiger partial charge in [0.05, 0.1) is 41.8 Å². The molecule has 1 amide bonds. The molecule has 2 aromatic rings. The molecule has 0 atom stereocenters. The second-order valence-corrected chi connectivity index (χ2v) is 6.62. The Bertz CT molecular complexity index is 662. The first-order valence-electron chi connectivity index (χ1n) is 7.76. The molecule has 0 radical (unpaired) electrons. The van der Waals surface area contributed by atoms with Gasteiger partial charge in [-0.05, 0) is 12.1 Å².